The minimum atomic E-state index is -0.332. The third-order valence-electron chi connectivity index (χ3n) is 4.68. The lowest BCUT2D eigenvalue weighted by Crippen LogP contribution is -2.42. The summed E-state index contributed by atoms with van der Waals surface area (Å²) in [5, 5.41) is 12.0. The Hall–Kier alpha value is -3.89. The normalized spacial score (nSPS) is 10.0. The van der Waals surface area contributed by atoms with Crippen molar-refractivity contribution in [1.29, 1.82) is 5.26 Å². The molecule has 0 bridgehead atoms. The number of ether oxygens (including phenoxy) is 2. The predicted octanol–water partition coefficient (Wildman–Crippen LogP) is 4.57. The van der Waals surface area contributed by atoms with Gasteiger partial charge in [-0.3, -0.25) is 10.1 Å². The van der Waals surface area contributed by atoms with Crippen molar-refractivity contribution in [2.45, 2.75) is 13.0 Å². The molecule has 0 unspecified atom stereocenters. The van der Waals surface area contributed by atoms with E-state index in [1.54, 1.807) is 24.3 Å². The van der Waals surface area contributed by atoms with Crippen LogP contribution in [0, 0.1) is 11.3 Å². The summed E-state index contributed by atoms with van der Waals surface area (Å²) >= 11 is 5.47. The van der Waals surface area contributed by atoms with E-state index in [1.165, 1.54) is 0 Å². The van der Waals surface area contributed by atoms with Gasteiger partial charge in [0.2, 0.25) is 0 Å². The summed E-state index contributed by atoms with van der Waals surface area (Å²) < 4.78 is 11.3. The second-order valence-corrected chi connectivity index (χ2v) is 7.50. The van der Waals surface area contributed by atoms with Gasteiger partial charge >= 0.3 is 0 Å². The average Bonchev–Trinajstić information content (AvgIpc) is 2.86. The molecule has 0 aliphatic rings. The van der Waals surface area contributed by atoms with Crippen molar-refractivity contribution in [2.75, 3.05) is 19.8 Å². The number of nitriles is 1. The predicted molar refractivity (Wildman–Crippen MR) is 131 cm³/mol. The average molecular weight is 460 g/mol. The summed E-state index contributed by atoms with van der Waals surface area (Å²) in [7, 11) is 0. The molecule has 33 heavy (non-hydrogen) atoms. The number of amides is 1. The zero-order chi connectivity index (χ0) is 23.3. The summed E-state index contributed by atoms with van der Waals surface area (Å²) in [6, 6.07) is 28.3. The van der Waals surface area contributed by atoms with Crippen molar-refractivity contribution in [2.24, 2.45) is 0 Å². The summed E-state index contributed by atoms with van der Waals surface area (Å²) in [5.41, 5.74) is 1.47. The Morgan fingerprint density at radius 1 is 0.909 bits per heavy atom. The van der Waals surface area contributed by atoms with Crippen LogP contribution < -0.4 is 14.8 Å². The zero-order valence-corrected chi connectivity index (χ0v) is 19.0. The van der Waals surface area contributed by atoms with Crippen molar-refractivity contribution in [3.05, 3.63) is 96.1 Å². The van der Waals surface area contributed by atoms with Gasteiger partial charge in [-0.05, 0) is 48.1 Å². The van der Waals surface area contributed by atoms with Crippen LogP contribution in [0.2, 0.25) is 0 Å². The Kier molecular flexibility index (Phi) is 9.25. The van der Waals surface area contributed by atoms with Gasteiger partial charge in [-0.2, -0.15) is 5.26 Å². The number of nitrogens with zero attached hydrogens (tertiary/aromatic N) is 2. The summed E-state index contributed by atoms with van der Waals surface area (Å²) in [5.74, 6) is 1.01. The van der Waals surface area contributed by atoms with Gasteiger partial charge in [-0.1, -0.05) is 54.6 Å². The van der Waals surface area contributed by atoms with Gasteiger partial charge in [0.1, 0.15) is 24.7 Å². The molecule has 6 nitrogen and oxygen atoms in total. The van der Waals surface area contributed by atoms with E-state index >= 15 is 0 Å². The number of carbonyl (C=O) groups is 1. The minimum Gasteiger partial charge on any atom is -0.490 e. The maximum absolute atomic E-state index is 12.8. The van der Waals surface area contributed by atoms with Crippen molar-refractivity contribution in [3.63, 3.8) is 0 Å². The molecule has 1 amide bonds. The van der Waals surface area contributed by atoms with Gasteiger partial charge < -0.3 is 14.4 Å². The first kappa shape index (κ1) is 23.8. The van der Waals surface area contributed by atoms with Crippen molar-refractivity contribution >= 4 is 23.2 Å². The summed E-state index contributed by atoms with van der Waals surface area (Å²) in [4.78, 5) is 14.6. The fourth-order valence-electron chi connectivity index (χ4n) is 3.05. The number of hydrogen-bond donors (Lipinski definition) is 1. The van der Waals surface area contributed by atoms with Gasteiger partial charge in [0, 0.05) is 18.7 Å². The Balaban J connectivity index is 1.54. The van der Waals surface area contributed by atoms with Crippen LogP contribution in [-0.4, -0.2) is 35.7 Å². The first-order valence-electron chi connectivity index (χ1n) is 10.6. The van der Waals surface area contributed by atoms with Crippen LogP contribution in [0.4, 0.5) is 0 Å². The molecule has 3 aromatic carbocycles. The highest BCUT2D eigenvalue weighted by molar-refractivity contribution is 7.80. The van der Waals surface area contributed by atoms with E-state index in [2.05, 4.69) is 11.4 Å². The van der Waals surface area contributed by atoms with Crippen molar-refractivity contribution < 1.29 is 14.3 Å². The number of nitrogens with one attached hydrogen (secondary N) is 1. The van der Waals surface area contributed by atoms with Gasteiger partial charge in [0.05, 0.1) is 12.5 Å². The van der Waals surface area contributed by atoms with E-state index in [0.29, 0.717) is 44.0 Å². The molecule has 0 saturated heterocycles. The van der Waals surface area contributed by atoms with E-state index in [0.717, 1.165) is 11.3 Å². The maximum atomic E-state index is 12.8. The highest BCUT2D eigenvalue weighted by Crippen LogP contribution is 2.14. The lowest BCUT2D eigenvalue weighted by atomic mass is 10.2. The molecule has 7 heteroatoms. The van der Waals surface area contributed by atoms with Gasteiger partial charge in [0.15, 0.2) is 5.11 Å². The standard InChI is InChI=1S/C26H25N3O3S/c27-15-8-16-29(20-21-9-3-1-4-10-21)26(33)28-25(30)22-11-7-14-24(19-22)32-18-17-31-23-12-5-2-6-13-23/h1-7,9-14,19H,8,16-18,20H2,(H,28,30,33). The number of rotatable bonds is 10. The van der Waals surface area contributed by atoms with Crippen LogP contribution in [0.3, 0.4) is 0 Å². The molecule has 0 atom stereocenters. The molecule has 0 aliphatic carbocycles. The first-order chi connectivity index (χ1) is 16.2. The quantitative estimate of drug-likeness (QED) is 0.354. The van der Waals surface area contributed by atoms with Crippen LogP contribution in [0.5, 0.6) is 11.5 Å². The molecule has 0 heterocycles. The SMILES string of the molecule is N#CCCN(Cc1ccccc1)C(=S)NC(=O)c1cccc(OCCOc2ccccc2)c1. The maximum Gasteiger partial charge on any atom is 0.257 e. The van der Waals surface area contributed by atoms with Gasteiger partial charge in [-0.15, -0.1) is 0 Å². The largest absolute Gasteiger partial charge is 0.490 e. The number of hydrogen-bond acceptors (Lipinski definition) is 5. The van der Waals surface area contributed by atoms with E-state index in [9.17, 15) is 4.79 Å². The van der Waals surface area contributed by atoms with Gasteiger partial charge in [0.25, 0.3) is 5.91 Å². The Morgan fingerprint density at radius 3 is 2.24 bits per heavy atom. The molecule has 0 fully saturated rings. The van der Waals surface area contributed by atoms with Gasteiger partial charge in [-0.25, -0.2) is 0 Å². The molecular weight excluding hydrogens is 434 g/mol. The van der Waals surface area contributed by atoms with Crippen LogP contribution in [0.1, 0.15) is 22.3 Å². The highest BCUT2D eigenvalue weighted by atomic mass is 32.1. The Labute approximate surface area is 199 Å². The molecule has 1 N–H and O–H groups in total. The number of carbonyl (C=O) groups excluding carboxylic acids is 1. The summed E-state index contributed by atoms with van der Waals surface area (Å²) in [6.45, 7) is 1.66. The van der Waals surface area contributed by atoms with E-state index in [-0.39, 0.29) is 11.0 Å². The molecule has 0 aromatic heterocycles. The van der Waals surface area contributed by atoms with E-state index in [1.807, 2.05) is 65.6 Å². The summed E-state index contributed by atoms with van der Waals surface area (Å²) in [6.07, 6.45) is 0.303. The number of benzene rings is 3. The number of para-hydroxylation sites is 1. The smallest absolute Gasteiger partial charge is 0.257 e. The molecule has 0 aliphatic heterocycles. The molecule has 0 saturated carbocycles. The van der Waals surface area contributed by atoms with Crippen LogP contribution >= 0.6 is 12.2 Å². The third-order valence-corrected chi connectivity index (χ3v) is 5.04. The monoisotopic (exact) mass is 459 g/mol. The lowest BCUT2D eigenvalue weighted by molar-refractivity contribution is 0.0972. The minimum absolute atomic E-state index is 0.279. The molecular formula is C26H25N3O3S. The van der Waals surface area contributed by atoms with Crippen molar-refractivity contribution in [3.8, 4) is 17.6 Å². The Morgan fingerprint density at radius 2 is 1.55 bits per heavy atom. The lowest BCUT2D eigenvalue weighted by Gasteiger charge is -2.24. The second kappa shape index (κ2) is 12.8. The molecule has 0 spiro atoms. The van der Waals surface area contributed by atoms with Crippen LogP contribution in [-0.2, 0) is 6.54 Å². The third kappa shape index (κ3) is 7.95. The highest BCUT2D eigenvalue weighted by Gasteiger charge is 2.15. The van der Waals surface area contributed by atoms with Crippen molar-refractivity contribution in [1.82, 2.24) is 10.2 Å². The molecule has 0 radical (unpaired) electrons. The Bertz CT molecular complexity index is 1080. The second-order valence-electron chi connectivity index (χ2n) is 7.11. The zero-order valence-electron chi connectivity index (χ0n) is 18.1. The topological polar surface area (TPSA) is 74.6 Å². The molecule has 3 aromatic rings. The van der Waals surface area contributed by atoms with E-state index in [4.69, 9.17) is 27.0 Å². The number of thiocarbonyl (C=S) groups is 1. The first-order valence-corrected chi connectivity index (χ1v) is 11.0. The van der Waals surface area contributed by atoms with Crippen LogP contribution in [0.25, 0.3) is 0 Å². The fourth-order valence-corrected chi connectivity index (χ4v) is 3.30. The molecule has 168 valence electrons. The van der Waals surface area contributed by atoms with Crippen LogP contribution in [0.15, 0.2) is 84.9 Å². The molecule has 3 rings (SSSR count). The fraction of sp³-hybridized carbons (Fsp3) is 0.192. The van der Waals surface area contributed by atoms with E-state index < -0.39 is 0 Å².